The van der Waals surface area contributed by atoms with Crippen molar-refractivity contribution in [2.75, 3.05) is 0 Å². The molecule has 0 bridgehead atoms. The standard InChI is InChI=1S/C28H18/c1-2-9-21(10-3-1)17-18-24-20-19-23-12-5-7-15-26(23)28(24)27-16-8-13-22-11-4-6-14-25(22)27/h1-16,19-20H. The lowest BCUT2D eigenvalue weighted by Crippen LogP contribution is -1.89. The van der Waals surface area contributed by atoms with Gasteiger partial charge in [0, 0.05) is 16.7 Å². The van der Waals surface area contributed by atoms with E-state index >= 15 is 0 Å². The number of hydrogen-bond acceptors (Lipinski definition) is 0. The first-order valence-electron chi connectivity index (χ1n) is 9.47. The zero-order valence-electron chi connectivity index (χ0n) is 15.4. The molecule has 0 aliphatic carbocycles. The summed E-state index contributed by atoms with van der Waals surface area (Å²) in [7, 11) is 0. The average Bonchev–Trinajstić information content (AvgIpc) is 2.77. The number of hydrogen-bond donors (Lipinski definition) is 0. The van der Waals surface area contributed by atoms with Crippen LogP contribution in [0.1, 0.15) is 11.1 Å². The summed E-state index contributed by atoms with van der Waals surface area (Å²) in [5.41, 5.74) is 4.52. The van der Waals surface area contributed by atoms with Gasteiger partial charge in [0.05, 0.1) is 0 Å². The first kappa shape index (κ1) is 16.4. The van der Waals surface area contributed by atoms with Crippen molar-refractivity contribution in [2.24, 2.45) is 0 Å². The molecule has 0 nitrogen and oxygen atoms in total. The molecule has 0 amide bonds. The summed E-state index contributed by atoms with van der Waals surface area (Å²) in [6.07, 6.45) is 0. The van der Waals surface area contributed by atoms with Crippen LogP contribution in [0.4, 0.5) is 0 Å². The first-order chi connectivity index (χ1) is 13.9. The molecule has 0 unspecified atom stereocenters. The summed E-state index contributed by atoms with van der Waals surface area (Å²) in [6, 6.07) is 38.1. The van der Waals surface area contributed by atoms with Crippen molar-refractivity contribution >= 4 is 21.5 Å². The van der Waals surface area contributed by atoms with E-state index in [9.17, 15) is 0 Å². The molecule has 0 radical (unpaired) electrons. The molecule has 0 heterocycles. The Balaban J connectivity index is 1.82. The highest BCUT2D eigenvalue weighted by Crippen LogP contribution is 2.36. The predicted molar refractivity (Wildman–Crippen MR) is 119 cm³/mol. The maximum absolute atomic E-state index is 3.43. The van der Waals surface area contributed by atoms with Gasteiger partial charge in [-0.05, 0) is 45.3 Å². The van der Waals surface area contributed by atoms with E-state index in [0.717, 1.165) is 11.1 Å². The maximum Gasteiger partial charge on any atom is 0.0334 e. The lowest BCUT2D eigenvalue weighted by molar-refractivity contribution is 1.63. The second-order valence-corrected chi connectivity index (χ2v) is 6.85. The molecule has 0 aliphatic heterocycles. The minimum Gasteiger partial charge on any atom is -0.0622 e. The van der Waals surface area contributed by atoms with E-state index < -0.39 is 0 Å². The van der Waals surface area contributed by atoms with E-state index in [1.807, 2.05) is 30.3 Å². The minimum absolute atomic E-state index is 1.03. The van der Waals surface area contributed by atoms with E-state index in [2.05, 4.69) is 90.7 Å². The molecule has 0 atom stereocenters. The third-order valence-electron chi connectivity index (χ3n) is 5.10. The van der Waals surface area contributed by atoms with Gasteiger partial charge >= 0.3 is 0 Å². The van der Waals surface area contributed by atoms with Crippen LogP contribution < -0.4 is 0 Å². The van der Waals surface area contributed by atoms with Gasteiger partial charge in [0.15, 0.2) is 0 Å². The average molecular weight is 354 g/mol. The molecule has 0 saturated heterocycles. The summed E-state index contributed by atoms with van der Waals surface area (Å²) in [6.45, 7) is 0. The van der Waals surface area contributed by atoms with Crippen molar-refractivity contribution < 1.29 is 0 Å². The van der Waals surface area contributed by atoms with E-state index in [-0.39, 0.29) is 0 Å². The van der Waals surface area contributed by atoms with E-state index in [4.69, 9.17) is 0 Å². The summed E-state index contributed by atoms with van der Waals surface area (Å²) < 4.78 is 0. The Bertz CT molecular complexity index is 1340. The van der Waals surface area contributed by atoms with Crippen LogP contribution in [0.2, 0.25) is 0 Å². The Hall–Kier alpha value is -3.82. The van der Waals surface area contributed by atoms with Gasteiger partial charge in [0.1, 0.15) is 0 Å². The molecule has 0 aromatic heterocycles. The normalized spacial score (nSPS) is 10.6. The van der Waals surface area contributed by atoms with Crippen LogP contribution in [-0.4, -0.2) is 0 Å². The zero-order valence-corrected chi connectivity index (χ0v) is 15.4. The third-order valence-corrected chi connectivity index (χ3v) is 5.10. The fraction of sp³-hybridized carbons (Fsp3) is 0. The summed E-state index contributed by atoms with van der Waals surface area (Å²) in [4.78, 5) is 0. The molecule has 5 aromatic carbocycles. The zero-order chi connectivity index (χ0) is 18.8. The van der Waals surface area contributed by atoms with Gasteiger partial charge in [-0.15, -0.1) is 0 Å². The lowest BCUT2D eigenvalue weighted by atomic mass is 9.90. The molecule has 0 spiro atoms. The Labute approximate surface area is 165 Å². The Morgan fingerprint density at radius 2 is 1.07 bits per heavy atom. The van der Waals surface area contributed by atoms with Crippen molar-refractivity contribution in [1.29, 1.82) is 0 Å². The molecule has 130 valence electrons. The first-order valence-corrected chi connectivity index (χ1v) is 9.47. The third kappa shape index (κ3) is 2.94. The number of rotatable bonds is 1. The Morgan fingerprint density at radius 3 is 1.89 bits per heavy atom. The molecular formula is C28H18. The van der Waals surface area contributed by atoms with Crippen LogP contribution >= 0.6 is 0 Å². The van der Waals surface area contributed by atoms with Crippen molar-refractivity contribution in [1.82, 2.24) is 0 Å². The highest BCUT2D eigenvalue weighted by atomic mass is 14.1. The van der Waals surface area contributed by atoms with Crippen LogP contribution in [0.5, 0.6) is 0 Å². The van der Waals surface area contributed by atoms with Gasteiger partial charge < -0.3 is 0 Å². The van der Waals surface area contributed by atoms with Gasteiger partial charge in [0.2, 0.25) is 0 Å². The summed E-state index contributed by atoms with van der Waals surface area (Å²) >= 11 is 0. The van der Waals surface area contributed by atoms with Gasteiger partial charge in [-0.1, -0.05) is 103 Å². The van der Waals surface area contributed by atoms with Gasteiger partial charge in [-0.2, -0.15) is 0 Å². The lowest BCUT2D eigenvalue weighted by Gasteiger charge is -2.13. The maximum atomic E-state index is 3.43. The van der Waals surface area contributed by atoms with Crippen LogP contribution in [0.3, 0.4) is 0 Å². The predicted octanol–water partition coefficient (Wildman–Crippen LogP) is 7.06. The topological polar surface area (TPSA) is 0 Å². The molecule has 28 heavy (non-hydrogen) atoms. The highest BCUT2D eigenvalue weighted by Gasteiger charge is 2.11. The quantitative estimate of drug-likeness (QED) is 0.283. The second-order valence-electron chi connectivity index (χ2n) is 6.85. The molecule has 0 saturated carbocycles. The molecule has 0 N–H and O–H groups in total. The molecule has 0 aliphatic rings. The van der Waals surface area contributed by atoms with E-state index in [0.29, 0.717) is 0 Å². The minimum atomic E-state index is 1.03. The molecule has 5 aromatic rings. The fourth-order valence-electron chi connectivity index (χ4n) is 3.77. The van der Waals surface area contributed by atoms with Crippen LogP contribution in [-0.2, 0) is 0 Å². The highest BCUT2D eigenvalue weighted by molar-refractivity contribution is 6.07. The van der Waals surface area contributed by atoms with E-state index in [1.54, 1.807) is 0 Å². The van der Waals surface area contributed by atoms with Crippen LogP contribution in [0.25, 0.3) is 32.7 Å². The van der Waals surface area contributed by atoms with Crippen molar-refractivity contribution in [3.63, 3.8) is 0 Å². The molecule has 0 heteroatoms. The Morgan fingerprint density at radius 1 is 0.429 bits per heavy atom. The molecule has 5 rings (SSSR count). The molecular weight excluding hydrogens is 336 g/mol. The SMILES string of the molecule is C(#Cc1ccc2ccccc2c1-c1cccc2ccccc12)c1ccccc1. The second kappa shape index (κ2) is 7.06. The molecule has 0 fully saturated rings. The fourth-order valence-corrected chi connectivity index (χ4v) is 3.77. The van der Waals surface area contributed by atoms with Crippen LogP contribution in [0.15, 0.2) is 109 Å². The van der Waals surface area contributed by atoms with Gasteiger partial charge in [-0.25, -0.2) is 0 Å². The largest absolute Gasteiger partial charge is 0.0622 e. The van der Waals surface area contributed by atoms with E-state index in [1.165, 1.54) is 32.7 Å². The monoisotopic (exact) mass is 354 g/mol. The summed E-state index contributed by atoms with van der Waals surface area (Å²) in [5, 5.41) is 4.97. The number of fused-ring (bicyclic) bond motifs is 2. The van der Waals surface area contributed by atoms with Crippen molar-refractivity contribution in [2.45, 2.75) is 0 Å². The number of benzene rings is 5. The van der Waals surface area contributed by atoms with Crippen molar-refractivity contribution in [3.05, 3.63) is 120 Å². The van der Waals surface area contributed by atoms with Gasteiger partial charge in [0.25, 0.3) is 0 Å². The summed E-state index contributed by atoms with van der Waals surface area (Å²) in [5.74, 6) is 6.77. The van der Waals surface area contributed by atoms with Crippen molar-refractivity contribution in [3.8, 4) is 23.0 Å². The van der Waals surface area contributed by atoms with Crippen LogP contribution in [0, 0.1) is 11.8 Å². The van der Waals surface area contributed by atoms with Gasteiger partial charge in [-0.3, -0.25) is 0 Å². The Kier molecular flexibility index (Phi) is 4.13. The smallest absolute Gasteiger partial charge is 0.0334 e.